The van der Waals surface area contributed by atoms with Crippen LogP contribution in [0.2, 0.25) is 0 Å². The standard InChI is InChI=1S/C23H29FN4O/c1-17-14-19(8-11-21(17)24)16-27-23(25-2)26-15-18-6-9-20(10-7-18)22(29)28-12-4-3-5-13-28/h6-11,14H,3-5,12-13,15-16H2,1-2H3,(H2,25,26,27). The number of hydrogen-bond donors (Lipinski definition) is 2. The van der Waals surface area contributed by atoms with Crippen LogP contribution in [0.4, 0.5) is 4.39 Å². The molecule has 0 bridgehead atoms. The molecule has 0 radical (unpaired) electrons. The average Bonchev–Trinajstić information content (AvgIpc) is 2.76. The first-order chi connectivity index (χ1) is 14.1. The predicted octanol–water partition coefficient (Wildman–Crippen LogP) is 3.63. The van der Waals surface area contributed by atoms with Crippen molar-refractivity contribution in [3.05, 3.63) is 70.5 Å². The topological polar surface area (TPSA) is 56.7 Å². The summed E-state index contributed by atoms with van der Waals surface area (Å²) in [6.07, 6.45) is 3.40. The zero-order valence-electron chi connectivity index (χ0n) is 17.2. The van der Waals surface area contributed by atoms with E-state index in [1.54, 1.807) is 20.0 Å². The molecule has 0 unspecified atom stereocenters. The number of hydrogen-bond acceptors (Lipinski definition) is 2. The van der Waals surface area contributed by atoms with Crippen molar-refractivity contribution in [2.24, 2.45) is 4.99 Å². The van der Waals surface area contributed by atoms with Gasteiger partial charge in [0.1, 0.15) is 5.82 Å². The molecule has 3 rings (SSSR count). The molecule has 0 atom stereocenters. The molecule has 0 aliphatic carbocycles. The van der Waals surface area contributed by atoms with Gasteiger partial charge >= 0.3 is 0 Å². The van der Waals surface area contributed by atoms with Crippen LogP contribution >= 0.6 is 0 Å². The lowest BCUT2D eigenvalue weighted by Gasteiger charge is -2.26. The van der Waals surface area contributed by atoms with E-state index in [2.05, 4.69) is 15.6 Å². The van der Waals surface area contributed by atoms with E-state index >= 15 is 0 Å². The van der Waals surface area contributed by atoms with Gasteiger partial charge in [-0.3, -0.25) is 9.79 Å². The zero-order chi connectivity index (χ0) is 20.6. The number of carbonyl (C=O) groups excluding carboxylic acids is 1. The number of amides is 1. The molecule has 2 aromatic rings. The number of piperidine rings is 1. The molecule has 0 aromatic heterocycles. The molecular weight excluding hydrogens is 367 g/mol. The third kappa shape index (κ3) is 5.79. The summed E-state index contributed by atoms with van der Waals surface area (Å²) in [4.78, 5) is 18.7. The minimum Gasteiger partial charge on any atom is -0.352 e. The molecule has 1 saturated heterocycles. The minimum absolute atomic E-state index is 0.122. The molecule has 2 aromatic carbocycles. The van der Waals surface area contributed by atoms with Gasteiger partial charge in [-0.05, 0) is 61.1 Å². The number of aryl methyl sites for hydroxylation is 1. The average molecular weight is 397 g/mol. The zero-order valence-corrected chi connectivity index (χ0v) is 17.2. The Labute approximate surface area is 172 Å². The first-order valence-corrected chi connectivity index (χ1v) is 10.1. The molecule has 5 nitrogen and oxygen atoms in total. The highest BCUT2D eigenvalue weighted by Crippen LogP contribution is 2.14. The molecule has 1 fully saturated rings. The van der Waals surface area contributed by atoms with E-state index in [9.17, 15) is 9.18 Å². The van der Waals surface area contributed by atoms with E-state index in [1.165, 1.54) is 12.5 Å². The maximum Gasteiger partial charge on any atom is 0.253 e. The van der Waals surface area contributed by atoms with E-state index in [-0.39, 0.29) is 11.7 Å². The molecule has 2 N–H and O–H groups in total. The molecule has 0 spiro atoms. The van der Waals surface area contributed by atoms with Gasteiger partial charge in [0.2, 0.25) is 0 Å². The van der Waals surface area contributed by atoms with Crippen LogP contribution in [-0.2, 0) is 13.1 Å². The molecule has 1 heterocycles. The number of guanidine groups is 1. The maximum absolute atomic E-state index is 13.4. The highest BCUT2D eigenvalue weighted by atomic mass is 19.1. The number of halogens is 1. The number of benzene rings is 2. The third-order valence-corrected chi connectivity index (χ3v) is 5.21. The Morgan fingerprint density at radius 1 is 1.00 bits per heavy atom. The van der Waals surface area contributed by atoms with E-state index in [0.717, 1.165) is 42.6 Å². The first-order valence-electron chi connectivity index (χ1n) is 10.1. The Morgan fingerprint density at radius 2 is 1.62 bits per heavy atom. The number of carbonyl (C=O) groups is 1. The van der Waals surface area contributed by atoms with Crippen molar-refractivity contribution in [1.82, 2.24) is 15.5 Å². The van der Waals surface area contributed by atoms with Crippen LogP contribution < -0.4 is 10.6 Å². The second-order valence-corrected chi connectivity index (χ2v) is 7.41. The summed E-state index contributed by atoms with van der Waals surface area (Å²) in [6.45, 7) is 4.63. The van der Waals surface area contributed by atoms with Crippen molar-refractivity contribution < 1.29 is 9.18 Å². The Hall–Kier alpha value is -2.89. The number of nitrogens with zero attached hydrogens (tertiary/aromatic N) is 2. The van der Waals surface area contributed by atoms with Crippen molar-refractivity contribution in [2.75, 3.05) is 20.1 Å². The lowest BCUT2D eigenvalue weighted by Crippen LogP contribution is -2.36. The molecule has 154 valence electrons. The third-order valence-electron chi connectivity index (χ3n) is 5.21. The maximum atomic E-state index is 13.4. The smallest absolute Gasteiger partial charge is 0.253 e. The van der Waals surface area contributed by atoms with E-state index in [4.69, 9.17) is 0 Å². The quantitative estimate of drug-likeness (QED) is 0.599. The van der Waals surface area contributed by atoms with Crippen LogP contribution in [0.1, 0.15) is 46.3 Å². The molecular formula is C23H29FN4O. The Morgan fingerprint density at radius 3 is 2.24 bits per heavy atom. The Bertz CT molecular complexity index is 858. The van der Waals surface area contributed by atoms with Gasteiger partial charge in [-0.2, -0.15) is 0 Å². The summed E-state index contributed by atoms with van der Waals surface area (Å²) >= 11 is 0. The fourth-order valence-corrected chi connectivity index (χ4v) is 3.45. The van der Waals surface area contributed by atoms with Gasteiger partial charge in [0.25, 0.3) is 5.91 Å². The van der Waals surface area contributed by atoms with E-state index in [1.807, 2.05) is 35.2 Å². The number of likely N-dealkylation sites (tertiary alicyclic amines) is 1. The van der Waals surface area contributed by atoms with Crippen molar-refractivity contribution in [3.63, 3.8) is 0 Å². The highest BCUT2D eigenvalue weighted by Gasteiger charge is 2.17. The van der Waals surface area contributed by atoms with Gasteiger partial charge in [-0.15, -0.1) is 0 Å². The van der Waals surface area contributed by atoms with Crippen LogP contribution in [0.3, 0.4) is 0 Å². The second-order valence-electron chi connectivity index (χ2n) is 7.41. The molecule has 1 aliphatic rings. The SMILES string of the molecule is CN=C(NCc1ccc(C(=O)N2CCCCC2)cc1)NCc1ccc(F)c(C)c1. The summed E-state index contributed by atoms with van der Waals surface area (Å²) in [5.74, 6) is 0.593. The Balaban J connectivity index is 1.50. The van der Waals surface area contributed by atoms with Crippen molar-refractivity contribution in [1.29, 1.82) is 0 Å². The van der Waals surface area contributed by atoms with Crippen LogP contribution in [-0.4, -0.2) is 36.9 Å². The summed E-state index contributed by atoms with van der Waals surface area (Å²) in [7, 11) is 1.71. The van der Waals surface area contributed by atoms with Crippen molar-refractivity contribution in [3.8, 4) is 0 Å². The van der Waals surface area contributed by atoms with Gasteiger partial charge in [-0.25, -0.2) is 4.39 Å². The number of aliphatic imine (C=N–C) groups is 1. The van der Waals surface area contributed by atoms with Gasteiger partial charge in [0.15, 0.2) is 5.96 Å². The van der Waals surface area contributed by atoms with Crippen LogP contribution in [0.15, 0.2) is 47.5 Å². The number of nitrogens with one attached hydrogen (secondary N) is 2. The van der Waals surface area contributed by atoms with Crippen LogP contribution in [0.5, 0.6) is 0 Å². The summed E-state index contributed by atoms with van der Waals surface area (Å²) in [5, 5.41) is 6.49. The van der Waals surface area contributed by atoms with Crippen LogP contribution in [0.25, 0.3) is 0 Å². The lowest BCUT2D eigenvalue weighted by molar-refractivity contribution is 0.0724. The largest absolute Gasteiger partial charge is 0.352 e. The van der Waals surface area contributed by atoms with Gasteiger partial charge in [0, 0.05) is 38.8 Å². The first kappa shape index (κ1) is 20.8. The summed E-state index contributed by atoms with van der Waals surface area (Å²) in [6, 6.07) is 12.8. The lowest BCUT2D eigenvalue weighted by atomic mass is 10.1. The Kier molecular flexibility index (Phi) is 7.22. The monoisotopic (exact) mass is 396 g/mol. The molecule has 29 heavy (non-hydrogen) atoms. The normalized spacial score (nSPS) is 14.6. The van der Waals surface area contributed by atoms with E-state index < -0.39 is 0 Å². The second kappa shape index (κ2) is 10.0. The molecule has 1 amide bonds. The minimum atomic E-state index is -0.196. The predicted molar refractivity (Wildman–Crippen MR) is 114 cm³/mol. The molecule has 6 heteroatoms. The fourth-order valence-electron chi connectivity index (χ4n) is 3.45. The van der Waals surface area contributed by atoms with E-state index in [0.29, 0.717) is 24.6 Å². The summed E-state index contributed by atoms with van der Waals surface area (Å²) < 4.78 is 13.4. The van der Waals surface area contributed by atoms with Crippen molar-refractivity contribution in [2.45, 2.75) is 39.3 Å². The summed E-state index contributed by atoms with van der Waals surface area (Å²) in [5.41, 5.74) is 3.43. The van der Waals surface area contributed by atoms with Gasteiger partial charge in [0.05, 0.1) is 0 Å². The molecule has 1 aliphatic heterocycles. The van der Waals surface area contributed by atoms with Crippen LogP contribution in [0, 0.1) is 12.7 Å². The highest BCUT2D eigenvalue weighted by molar-refractivity contribution is 5.94. The van der Waals surface area contributed by atoms with Crippen molar-refractivity contribution >= 4 is 11.9 Å². The number of rotatable bonds is 5. The fraction of sp³-hybridized carbons (Fsp3) is 0.391. The molecule has 0 saturated carbocycles. The van der Waals surface area contributed by atoms with Gasteiger partial charge < -0.3 is 15.5 Å². The van der Waals surface area contributed by atoms with Gasteiger partial charge in [-0.1, -0.05) is 24.3 Å².